The number of rotatable bonds is 29. The van der Waals surface area contributed by atoms with E-state index in [1.54, 1.807) is 30.8 Å². The molecule has 0 aromatic rings. The second-order valence-electron chi connectivity index (χ2n) is 13.7. The van der Waals surface area contributed by atoms with Crippen LogP contribution in [0.5, 0.6) is 0 Å². The number of unbranched alkanes of at least 4 members (excludes halogenated alkanes) is 8. The molecule has 0 bridgehead atoms. The molecule has 312 valence electrons. The number of allylic oxidation sites excluding steroid dienone is 12. The highest BCUT2D eigenvalue weighted by molar-refractivity contribution is 5.07. The molecule has 0 unspecified atom stereocenters. The van der Waals surface area contributed by atoms with Crippen LogP contribution in [0.3, 0.4) is 0 Å². The zero-order valence-electron chi connectivity index (χ0n) is 33.6. The van der Waals surface area contributed by atoms with Gasteiger partial charge < -0.3 is 53.6 Å². The van der Waals surface area contributed by atoms with E-state index in [1.165, 1.54) is 12.5 Å². The molecule has 2 fully saturated rings. The van der Waals surface area contributed by atoms with Crippen molar-refractivity contribution in [3.63, 3.8) is 0 Å². The van der Waals surface area contributed by atoms with Gasteiger partial charge in [-0.1, -0.05) is 128 Å². The van der Waals surface area contributed by atoms with Crippen molar-refractivity contribution in [2.24, 2.45) is 0 Å². The lowest BCUT2D eigenvalue weighted by Crippen LogP contribution is -2.63. The van der Waals surface area contributed by atoms with Crippen molar-refractivity contribution in [3.05, 3.63) is 98.0 Å². The van der Waals surface area contributed by atoms with E-state index in [-0.39, 0.29) is 13.2 Å². The summed E-state index contributed by atoms with van der Waals surface area (Å²) in [5.41, 5.74) is 0. The SMILES string of the molecule is CCCCC=CC=COC[C@H]1O[C@@](COC=CC=CCCCC)(O[C@H]2O[C@H](CO)[C@@H](O)[C@H](O)[C@H]2O)[C@@H](OC=CC=CCCCC)[C@@H]1OC=CC=CCCCC. The highest BCUT2D eigenvalue weighted by atomic mass is 16.8. The Labute approximate surface area is 330 Å². The quantitative estimate of drug-likeness (QED) is 0.0337. The van der Waals surface area contributed by atoms with Crippen LogP contribution in [-0.2, 0) is 33.2 Å². The van der Waals surface area contributed by atoms with Gasteiger partial charge in [0.05, 0.1) is 31.7 Å². The van der Waals surface area contributed by atoms with E-state index in [0.717, 1.165) is 77.0 Å². The first-order valence-corrected chi connectivity index (χ1v) is 20.4. The van der Waals surface area contributed by atoms with Crippen LogP contribution in [0, 0.1) is 0 Å². The summed E-state index contributed by atoms with van der Waals surface area (Å²) >= 11 is 0. The molecule has 55 heavy (non-hydrogen) atoms. The molecule has 0 aromatic carbocycles. The van der Waals surface area contributed by atoms with Crippen molar-refractivity contribution >= 4 is 0 Å². The lowest BCUT2D eigenvalue weighted by atomic mass is 9.99. The molecule has 0 amide bonds. The molecule has 0 radical (unpaired) electrons. The summed E-state index contributed by atoms with van der Waals surface area (Å²) in [4.78, 5) is 0. The van der Waals surface area contributed by atoms with E-state index in [1.807, 2.05) is 36.5 Å². The van der Waals surface area contributed by atoms with Crippen LogP contribution in [0.15, 0.2) is 98.0 Å². The summed E-state index contributed by atoms with van der Waals surface area (Å²) in [6.45, 7) is 7.70. The normalized spacial score (nSPS) is 29.2. The first-order chi connectivity index (χ1) is 26.9. The number of ether oxygens (including phenoxy) is 7. The highest BCUT2D eigenvalue weighted by Crippen LogP contribution is 2.40. The van der Waals surface area contributed by atoms with Gasteiger partial charge in [0, 0.05) is 0 Å². The van der Waals surface area contributed by atoms with Crippen LogP contribution in [0.2, 0.25) is 0 Å². The number of hydrogen-bond donors (Lipinski definition) is 4. The minimum absolute atomic E-state index is 0.0282. The maximum absolute atomic E-state index is 11.1. The minimum Gasteiger partial charge on any atom is -0.498 e. The zero-order chi connectivity index (χ0) is 40.0. The molecular weight excluding hydrogens is 704 g/mol. The number of aliphatic hydroxyl groups is 4. The zero-order valence-corrected chi connectivity index (χ0v) is 33.6. The lowest BCUT2D eigenvalue weighted by molar-refractivity contribution is -0.383. The van der Waals surface area contributed by atoms with Gasteiger partial charge in [-0.05, 0) is 50.0 Å². The second kappa shape index (κ2) is 30.0. The molecule has 0 aromatic heterocycles. The first-order valence-electron chi connectivity index (χ1n) is 20.4. The summed E-state index contributed by atoms with van der Waals surface area (Å²) in [6.07, 6.45) is 31.2. The maximum Gasteiger partial charge on any atom is 0.247 e. The lowest BCUT2D eigenvalue weighted by Gasteiger charge is -2.43. The fourth-order valence-corrected chi connectivity index (χ4v) is 5.77. The van der Waals surface area contributed by atoms with Gasteiger partial charge in [0.15, 0.2) is 18.5 Å². The molecule has 0 spiro atoms. The molecule has 2 heterocycles. The monoisotopic (exact) mass is 774 g/mol. The summed E-state index contributed by atoms with van der Waals surface area (Å²) in [6, 6.07) is 0. The Kier molecular flexibility index (Phi) is 26.2. The van der Waals surface area contributed by atoms with E-state index in [9.17, 15) is 20.4 Å². The largest absolute Gasteiger partial charge is 0.498 e. The van der Waals surface area contributed by atoms with Gasteiger partial charge in [-0.25, -0.2) is 0 Å². The fraction of sp³-hybridized carbons (Fsp3) is 0.636. The minimum atomic E-state index is -1.83. The Morgan fingerprint density at radius 2 is 1.05 bits per heavy atom. The van der Waals surface area contributed by atoms with Gasteiger partial charge in [0.25, 0.3) is 0 Å². The molecule has 11 nitrogen and oxygen atoms in total. The Hall–Kier alpha value is -3.16. The van der Waals surface area contributed by atoms with Crippen molar-refractivity contribution in [2.45, 2.75) is 160 Å². The Balaban J connectivity index is 2.55. The second-order valence-corrected chi connectivity index (χ2v) is 13.7. The Bertz CT molecular complexity index is 1210. The smallest absolute Gasteiger partial charge is 0.247 e. The van der Waals surface area contributed by atoms with Crippen LogP contribution in [0.1, 0.15) is 105 Å². The molecule has 0 aliphatic carbocycles. The van der Waals surface area contributed by atoms with Crippen molar-refractivity contribution in [1.82, 2.24) is 0 Å². The van der Waals surface area contributed by atoms with Gasteiger partial charge in [0.2, 0.25) is 5.79 Å². The third-order valence-corrected chi connectivity index (χ3v) is 9.01. The molecule has 2 aliphatic rings. The molecule has 2 saturated heterocycles. The summed E-state index contributed by atoms with van der Waals surface area (Å²) in [7, 11) is 0. The van der Waals surface area contributed by atoms with E-state index in [4.69, 9.17) is 33.2 Å². The van der Waals surface area contributed by atoms with Crippen LogP contribution in [-0.4, -0.2) is 95.1 Å². The van der Waals surface area contributed by atoms with Crippen LogP contribution in [0.25, 0.3) is 0 Å². The van der Waals surface area contributed by atoms with Crippen molar-refractivity contribution in [1.29, 1.82) is 0 Å². The van der Waals surface area contributed by atoms with Gasteiger partial charge >= 0.3 is 0 Å². The standard InChI is InChI=1S/C44H70O11/c1-5-9-13-17-21-25-29-49-34-37-41(51-31-27-23-19-15-11-7-3)42(52-32-28-24-20-16-12-8-4)44(54-37,35-50-30-26-22-18-14-10-6-2)55-43-40(48)39(47)38(46)36(33-45)53-43/h17-32,36-43,45-48H,5-16,33-35H2,1-4H3/t36-,37-,38-,39+,40-,41-,42+,43-,44+/m1/s1. The summed E-state index contributed by atoms with van der Waals surface area (Å²) in [5.74, 6) is -1.83. The maximum atomic E-state index is 11.1. The molecule has 2 aliphatic heterocycles. The van der Waals surface area contributed by atoms with Gasteiger partial charge in [-0.3, -0.25) is 0 Å². The highest BCUT2D eigenvalue weighted by Gasteiger charge is 2.62. The van der Waals surface area contributed by atoms with Crippen LogP contribution in [0.4, 0.5) is 0 Å². The van der Waals surface area contributed by atoms with Crippen molar-refractivity contribution < 1.29 is 53.6 Å². The van der Waals surface area contributed by atoms with Crippen molar-refractivity contribution in [3.8, 4) is 0 Å². The molecule has 0 saturated carbocycles. The molecule has 2 rings (SSSR count). The molecule has 4 N–H and O–H groups in total. The van der Waals surface area contributed by atoms with Crippen LogP contribution >= 0.6 is 0 Å². The van der Waals surface area contributed by atoms with E-state index in [2.05, 4.69) is 45.9 Å². The van der Waals surface area contributed by atoms with Crippen molar-refractivity contribution in [2.75, 3.05) is 19.8 Å². The Morgan fingerprint density at radius 1 is 0.564 bits per heavy atom. The average Bonchev–Trinajstić information content (AvgIpc) is 3.47. The average molecular weight is 775 g/mol. The van der Waals surface area contributed by atoms with E-state index >= 15 is 0 Å². The Morgan fingerprint density at radius 3 is 1.56 bits per heavy atom. The topological polar surface area (TPSA) is 146 Å². The van der Waals surface area contributed by atoms with Gasteiger partial charge in [-0.15, -0.1) is 0 Å². The predicted octanol–water partition coefficient (Wildman–Crippen LogP) is 7.74. The molecule has 9 atom stereocenters. The molecular formula is C44H70O11. The van der Waals surface area contributed by atoms with Gasteiger partial charge in [-0.2, -0.15) is 0 Å². The predicted molar refractivity (Wildman–Crippen MR) is 215 cm³/mol. The third kappa shape index (κ3) is 18.1. The first kappa shape index (κ1) is 48.0. The van der Waals surface area contributed by atoms with Crippen LogP contribution < -0.4 is 0 Å². The van der Waals surface area contributed by atoms with E-state index in [0.29, 0.717) is 0 Å². The summed E-state index contributed by atoms with van der Waals surface area (Å²) in [5, 5.41) is 42.2. The fourth-order valence-electron chi connectivity index (χ4n) is 5.77. The van der Waals surface area contributed by atoms with E-state index < -0.39 is 61.4 Å². The number of aliphatic hydroxyl groups excluding tert-OH is 4. The molecule has 11 heteroatoms. The number of hydrogen-bond acceptors (Lipinski definition) is 11. The van der Waals surface area contributed by atoms with Gasteiger partial charge in [0.1, 0.15) is 43.7 Å². The summed E-state index contributed by atoms with van der Waals surface area (Å²) < 4.78 is 43.7. The third-order valence-electron chi connectivity index (χ3n) is 9.01.